The Morgan fingerprint density at radius 2 is 2.07 bits per heavy atom. The van der Waals surface area contributed by atoms with Gasteiger partial charge < -0.3 is 16.5 Å². The number of rotatable bonds is 5. The van der Waals surface area contributed by atoms with E-state index < -0.39 is 17.7 Å². The molecule has 1 aromatic rings. The molecule has 2 amide bonds. The zero-order valence-electron chi connectivity index (χ0n) is 7.56. The number of nitrogens with two attached hydrogens (primary N) is 2. The third kappa shape index (κ3) is 2.58. The highest BCUT2D eigenvalue weighted by molar-refractivity contribution is 5.98. The molecule has 6 nitrogen and oxygen atoms in total. The summed E-state index contributed by atoms with van der Waals surface area (Å²) in [5.74, 6) is -2.27. The summed E-state index contributed by atoms with van der Waals surface area (Å²) in [5, 5.41) is 0. The van der Waals surface area contributed by atoms with Crippen molar-refractivity contribution in [3.63, 3.8) is 0 Å². The molecule has 76 valence electrons. The van der Waals surface area contributed by atoms with Gasteiger partial charge in [-0.05, 0) is 12.8 Å². The molecule has 0 atom stereocenters. The van der Waals surface area contributed by atoms with Crippen LogP contribution in [0.4, 0.5) is 0 Å². The standard InChI is InChI=1S/C8H12N4O2/c9-7(13)6(8(10)14)2-1-5-3-11-4-12-5/h3-4,6H,1-2H2,(H2,9,13)(H2,10,14)(H,11,12). The number of carbonyl (C=O) groups excluding carboxylic acids is 2. The number of H-pyrrole nitrogens is 1. The second-order valence-corrected chi connectivity index (χ2v) is 2.97. The van der Waals surface area contributed by atoms with Crippen molar-refractivity contribution in [2.75, 3.05) is 0 Å². The van der Waals surface area contributed by atoms with E-state index in [4.69, 9.17) is 11.5 Å². The maximum absolute atomic E-state index is 10.8. The number of nitrogens with one attached hydrogen (secondary N) is 1. The minimum atomic E-state index is -0.904. The zero-order valence-corrected chi connectivity index (χ0v) is 7.56. The molecule has 14 heavy (non-hydrogen) atoms. The van der Waals surface area contributed by atoms with E-state index in [1.807, 2.05) is 0 Å². The summed E-state index contributed by atoms with van der Waals surface area (Å²) in [7, 11) is 0. The van der Waals surface area contributed by atoms with Gasteiger partial charge in [-0.25, -0.2) is 4.98 Å². The van der Waals surface area contributed by atoms with E-state index in [0.29, 0.717) is 12.8 Å². The molecule has 0 fully saturated rings. The van der Waals surface area contributed by atoms with E-state index in [9.17, 15) is 9.59 Å². The van der Waals surface area contributed by atoms with Crippen molar-refractivity contribution in [1.82, 2.24) is 9.97 Å². The van der Waals surface area contributed by atoms with Gasteiger partial charge in [0, 0.05) is 11.9 Å². The van der Waals surface area contributed by atoms with Crippen molar-refractivity contribution in [3.8, 4) is 0 Å². The van der Waals surface area contributed by atoms with Gasteiger partial charge in [0.2, 0.25) is 11.8 Å². The Kier molecular flexibility index (Phi) is 3.22. The summed E-state index contributed by atoms with van der Waals surface area (Å²) in [6.07, 6.45) is 3.99. The first-order valence-electron chi connectivity index (χ1n) is 4.17. The second-order valence-electron chi connectivity index (χ2n) is 2.97. The van der Waals surface area contributed by atoms with E-state index >= 15 is 0 Å². The highest BCUT2D eigenvalue weighted by Crippen LogP contribution is 2.06. The molecule has 0 unspecified atom stereocenters. The van der Waals surface area contributed by atoms with Crippen LogP contribution in [0.2, 0.25) is 0 Å². The number of amides is 2. The van der Waals surface area contributed by atoms with Gasteiger partial charge in [0.05, 0.1) is 6.33 Å². The number of nitrogens with zero attached hydrogens (tertiary/aromatic N) is 1. The molecular formula is C8H12N4O2. The van der Waals surface area contributed by atoms with Gasteiger partial charge in [-0.3, -0.25) is 9.59 Å². The Hall–Kier alpha value is -1.85. The third-order valence-electron chi connectivity index (χ3n) is 1.94. The van der Waals surface area contributed by atoms with E-state index in [1.54, 1.807) is 6.20 Å². The molecule has 0 aliphatic heterocycles. The van der Waals surface area contributed by atoms with E-state index in [1.165, 1.54) is 6.33 Å². The molecule has 1 rings (SSSR count). The molecule has 0 saturated carbocycles. The Balaban J connectivity index is 2.49. The summed E-state index contributed by atoms with van der Waals surface area (Å²) in [6.45, 7) is 0. The van der Waals surface area contributed by atoms with Gasteiger partial charge in [0.25, 0.3) is 0 Å². The molecule has 6 heteroatoms. The van der Waals surface area contributed by atoms with Crippen LogP contribution >= 0.6 is 0 Å². The Morgan fingerprint density at radius 1 is 1.43 bits per heavy atom. The summed E-state index contributed by atoms with van der Waals surface area (Å²) in [4.78, 5) is 28.2. The summed E-state index contributed by atoms with van der Waals surface area (Å²) in [6, 6.07) is 0. The van der Waals surface area contributed by atoms with Gasteiger partial charge in [0.15, 0.2) is 0 Å². The first-order valence-corrected chi connectivity index (χ1v) is 4.17. The highest BCUT2D eigenvalue weighted by Gasteiger charge is 2.21. The summed E-state index contributed by atoms with van der Waals surface area (Å²) < 4.78 is 0. The lowest BCUT2D eigenvalue weighted by Gasteiger charge is -2.07. The van der Waals surface area contributed by atoms with Crippen LogP contribution in [0, 0.1) is 5.92 Å². The number of aromatic nitrogens is 2. The molecule has 0 aliphatic carbocycles. The lowest BCUT2D eigenvalue weighted by Crippen LogP contribution is -2.35. The maximum atomic E-state index is 10.8. The van der Waals surface area contributed by atoms with Gasteiger partial charge in [-0.2, -0.15) is 0 Å². The monoisotopic (exact) mass is 196 g/mol. The molecule has 0 radical (unpaired) electrons. The van der Waals surface area contributed by atoms with Crippen molar-refractivity contribution in [2.24, 2.45) is 17.4 Å². The maximum Gasteiger partial charge on any atom is 0.229 e. The van der Waals surface area contributed by atoms with Crippen molar-refractivity contribution < 1.29 is 9.59 Å². The van der Waals surface area contributed by atoms with Crippen molar-refractivity contribution in [3.05, 3.63) is 18.2 Å². The number of aryl methyl sites for hydroxylation is 1. The first kappa shape index (κ1) is 10.2. The number of hydrogen-bond acceptors (Lipinski definition) is 3. The topological polar surface area (TPSA) is 115 Å². The molecule has 0 bridgehead atoms. The van der Waals surface area contributed by atoms with Gasteiger partial charge in [-0.15, -0.1) is 0 Å². The van der Waals surface area contributed by atoms with Gasteiger partial charge >= 0.3 is 0 Å². The average molecular weight is 196 g/mol. The summed E-state index contributed by atoms with van der Waals surface area (Å²) in [5.41, 5.74) is 10.9. The van der Waals surface area contributed by atoms with Crippen LogP contribution in [-0.2, 0) is 16.0 Å². The third-order valence-corrected chi connectivity index (χ3v) is 1.94. The van der Waals surface area contributed by atoms with Gasteiger partial charge in [-0.1, -0.05) is 0 Å². The number of hydrogen-bond donors (Lipinski definition) is 3. The first-order chi connectivity index (χ1) is 6.61. The lowest BCUT2D eigenvalue weighted by atomic mass is 10.0. The molecule has 5 N–H and O–H groups in total. The van der Waals surface area contributed by atoms with Gasteiger partial charge in [0.1, 0.15) is 5.92 Å². The molecule has 0 spiro atoms. The van der Waals surface area contributed by atoms with Crippen LogP contribution in [0.15, 0.2) is 12.5 Å². The average Bonchev–Trinajstić information content (AvgIpc) is 2.55. The molecule has 1 heterocycles. The normalized spacial score (nSPS) is 10.4. The van der Waals surface area contributed by atoms with Crippen LogP contribution in [0.5, 0.6) is 0 Å². The largest absolute Gasteiger partial charge is 0.369 e. The lowest BCUT2D eigenvalue weighted by molar-refractivity contribution is -0.131. The van der Waals surface area contributed by atoms with Crippen LogP contribution in [-0.4, -0.2) is 21.8 Å². The van der Waals surface area contributed by atoms with E-state index in [2.05, 4.69) is 9.97 Å². The van der Waals surface area contributed by atoms with Crippen LogP contribution < -0.4 is 11.5 Å². The quantitative estimate of drug-likeness (QED) is 0.520. The number of carbonyl (C=O) groups is 2. The fraction of sp³-hybridized carbons (Fsp3) is 0.375. The second kappa shape index (κ2) is 4.40. The number of aromatic amines is 1. The highest BCUT2D eigenvalue weighted by atomic mass is 16.2. The smallest absolute Gasteiger partial charge is 0.229 e. The van der Waals surface area contributed by atoms with Crippen molar-refractivity contribution in [1.29, 1.82) is 0 Å². The van der Waals surface area contributed by atoms with Crippen LogP contribution in [0.25, 0.3) is 0 Å². The fourth-order valence-corrected chi connectivity index (χ4v) is 1.15. The Morgan fingerprint density at radius 3 is 2.50 bits per heavy atom. The predicted molar refractivity (Wildman–Crippen MR) is 48.8 cm³/mol. The molecule has 1 aromatic heterocycles. The summed E-state index contributed by atoms with van der Waals surface area (Å²) >= 11 is 0. The molecule has 0 saturated heterocycles. The fourth-order valence-electron chi connectivity index (χ4n) is 1.15. The molecule has 0 aromatic carbocycles. The van der Waals surface area contributed by atoms with Crippen molar-refractivity contribution in [2.45, 2.75) is 12.8 Å². The minimum absolute atomic E-state index is 0.312. The van der Waals surface area contributed by atoms with Crippen LogP contribution in [0.3, 0.4) is 0 Å². The Bertz CT molecular complexity index is 306. The van der Waals surface area contributed by atoms with E-state index in [-0.39, 0.29) is 0 Å². The molecule has 0 aliphatic rings. The van der Waals surface area contributed by atoms with E-state index in [0.717, 1.165) is 5.69 Å². The minimum Gasteiger partial charge on any atom is -0.369 e. The molecular weight excluding hydrogens is 184 g/mol. The predicted octanol–water partition coefficient (Wildman–Crippen LogP) is -1.07. The SMILES string of the molecule is NC(=O)C(CCc1cnc[nH]1)C(N)=O. The zero-order chi connectivity index (χ0) is 10.6. The Labute approximate surface area is 80.7 Å². The van der Waals surface area contributed by atoms with Crippen LogP contribution in [0.1, 0.15) is 12.1 Å². The number of primary amides is 2. The van der Waals surface area contributed by atoms with Crippen molar-refractivity contribution >= 4 is 11.8 Å². The number of imidazole rings is 1.